The number of carboxylic acid groups (broad SMARTS) is 2. The topological polar surface area (TPSA) is 160 Å². The first-order valence-corrected chi connectivity index (χ1v) is 14.4. The van der Waals surface area contributed by atoms with E-state index in [1.165, 1.54) is 79.7 Å². The molecule has 254 valence electrons. The number of amides is 2. The Morgan fingerprint density at radius 1 is 0.735 bits per heavy atom. The quantitative estimate of drug-likeness (QED) is 0.126. The first kappa shape index (κ1) is 35.7. The van der Waals surface area contributed by atoms with Crippen LogP contribution in [0.4, 0.5) is 23.7 Å². The lowest BCUT2D eigenvalue weighted by atomic mass is 9.81. The van der Waals surface area contributed by atoms with Crippen LogP contribution < -0.4 is 5.32 Å². The van der Waals surface area contributed by atoms with Gasteiger partial charge in [-0.15, -0.1) is 0 Å². The van der Waals surface area contributed by atoms with E-state index < -0.39 is 60.3 Å². The predicted molar refractivity (Wildman–Crippen MR) is 169 cm³/mol. The molecule has 3 N–H and O–H groups in total. The molecule has 4 aromatic carbocycles. The third-order valence-electron chi connectivity index (χ3n) is 7.42. The molecule has 2 amide bonds. The minimum Gasteiger partial charge on any atom is -0.480 e. The van der Waals surface area contributed by atoms with Crippen molar-refractivity contribution in [2.75, 3.05) is 26.0 Å². The summed E-state index contributed by atoms with van der Waals surface area (Å²) >= 11 is 0. The van der Waals surface area contributed by atoms with E-state index in [9.17, 15) is 47.4 Å². The van der Waals surface area contributed by atoms with Gasteiger partial charge in [0, 0.05) is 19.7 Å². The van der Waals surface area contributed by atoms with Gasteiger partial charge in [-0.3, -0.25) is 19.2 Å². The van der Waals surface area contributed by atoms with Gasteiger partial charge in [-0.1, -0.05) is 66.7 Å². The molecule has 4 rings (SSSR count). The van der Waals surface area contributed by atoms with E-state index in [-0.39, 0.29) is 27.9 Å². The summed E-state index contributed by atoms with van der Waals surface area (Å²) in [6, 6.07) is 21.7. The summed E-state index contributed by atoms with van der Waals surface area (Å²) in [6.45, 7) is -1.56. The lowest BCUT2D eigenvalue weighted by Gasteiger charge is -2.24. The van der Waals surface area contributed by atoms with E-state index >= 15 is 0 Å². The molecule has 0 unspecified atom stereocenters. The van der Waals surface area contributed by atoms with Gasteiger partial charge in [-0.25, -0.2) is 4.79 Å². The van der Waals surface area contributed by atoms with Crippen LogP contribution in [-0.2, 0) is 37.3 Å². The molecule has 14 heteroatoms. The van der Waals surface area contributed by atoms with Gasteiger partial charge < -0.3 is 29.9 Å². The van der Waals surface area contributed by atoms with Crippen LogP contribution in [0.15, 0.2) is 97.1 Å². The summed E-state index contributed by atoms with van der Waals surface area (Å²) in [7, 11) is 2.94. The fourth-order valence-corrected chi connectivity index (χ4v) is 4.79. The number of alkyl halides is 3. The molecule has 4 aromatic rings. The summed E-state index contributed by atoms with van der Waals surface area (Å²) < 4.78 is 49.2. The molecule has 0 aliphatic rings. The molecule has 0 aromatic heterocycles. The van der Waals surface area contributed by atoms with Crippen molar-refractivity contribution in [2.24, 2.45) is 0 Å². The second kappa shape index (κ2) is 14.7. The summed E-state index contributed by atoms with van der Waals surface area (Å²) in [6.07, 6.45) is -5.90. The van der Waals surface area contributed by atoms with E-state index in [1.807, 2.05) is 0 Å². The summed E-state index contributed by atoms with van der Waals surface area (Å²) in [4.78, 5) is 64.3. The van der Waals surface area contributed by atoms with Crippen LogP contribution >= 0.6 is 0 Å². The SMILES string of the molecule is CN(C)C(=O)c1cc(COC(=O)OCC(C(=O)O)(C(=O)O)c2ccccc2)ccc1NC(=O)c1ccccc1-c1ccc(C(F)(F)F)cc1. The number of benzene rings is 4. The monoisotopic (exact) mass is 678 g/mol. The average Bonchev–Trinajstić information content (AvgIpc) is 3.07. The third-order valence-corrected chi connectivity index (χ3v) is 7.42. The first-order valence-electron chi connectivity index (χ1n) is 14.4. The smallest absolute Gasteiger partial charge is 0.480 e. The van der Waals surface area contributed by atoms with Crippen LogP contribution in [0.1, 0.15) is 37.4 Å². The molecule has 0 radical (unpaired) electrons. The van der Waals surface area contributed by atoms with Gasteiger partial charge in [-0.05, 0) is 52.6 Å². The minimum absolute atomic E-state index is 0.000299. The van der Waals surface area contributed by atoms with Crippen LogP contribution in [-0.4, -0.2) is 65.7 Å². The third kappa shape index (κ3) is 8.04. The number of anilines is 1. The molecule has 0 fully saturated rings. The van der Waals surface area contributed by atoms with E-state index in [0.29, 0.717) is 11.1 Å². The summed E-state index contributed by atoms with van der Waals surface area (Å²) in [5.74, 6) is -4.71. The lowest BCUT2D eigenvalue weighted by Crippen LogP contribution is -2.48. The maximum Gasteiger partial charge on any atom is 0.508 e. The van der Waals surface area contributed by atoms with Crippen molar-refractivity contribution in [1.29, 1.82) is 0 Å². The lowest BCUT2D eigenvalue weighted by molar-refractivity contribution is -0.160. The highest BCUT2D eigenvalue weighted by molar-refractivity contribution is 6.12. The Hall–Kier alpha value is -6.18. The number of nitrogens with one attached hydrogen (secondary N) is 1. The molecule has 11 nitrogen and oxygen atoms in total. The zero-order valence-corrected chi connectivity index (χ0v) is 26.0. The normalized spacial score (nSPS) is 11.3. The molecular weight excluding hydrogens is 649 g/mol. The number of carboxylic acids is 2. The number of rotatable bonds is 11. The molecule has 0 atom stereocenters. The molecule has 0 saturated carbocycles. The fraction of sp³-hybridized carbons (Fsp3) is 0.171. The number of carbonyl (C=O) groups excluding carboxylic acids is 3. The highest BCUT2D eigenvalue weighted by Gasteiger charge is 2.50. The van der Waals surface area contributed by atoms with Crippen molar-refractivity contribution in [3.8, 4) is 11.1 Å². The zero-order valence-electron chi connectivity index (χ0n) is 26.0. The molecule has 0 aliphatic heterocycles. The largest absolute Gasteiger partial charge is 0.508 e. The van der Waals surface area contributed by atoms with Gasteiger partial charge >= 0.3 is 24.3 Å². The molecule has 49 heavy (non-hydrogen) atoms. The van der Waals surface area contributed by atoms with Gasteiger partial charge in [0.2, 0.25) is 5.41 Å². The molecule has 0 spiro atoms. The van der Waals surface area contributed by atoms with E-state index in [0.717, 1.165) is 12.1 Å². The average molecular weight is 679 g/mol. The highest BCUT2D eigenvalue weighted by atomic mass is 19.4. The van der Waals surface area contributed by atoms with Crippen LogP contribution in [0, 0.1) is 0 Å². The van der Waals surface area contributed by atoms with Crippen molar-refractivity contribution < 1.29 is 56.8 Å². The summed E-state index contributed by atoms with van der Waals surface area (Å²) in [5.41, 5.74) is -2.41. The number of nitrogens with zero attached hydrogens (tertiary/aromatic N) is 1. The van der Waals surface area contributed by atoms with Crippen LogP contribution in [0.25, 0.3) is 11.1 Å². The Bertz CT molecular complexity index is 1860. The molecule has 0 aliphatic carbocycles. The summed E-state index contributed by atoms with van der Waals surface area (Å²) in [5, 5.41) is 22.2. The van der Waals surface area contributed by atoms with Crippen molar-refractivity contribution in [2.45, 2.75) is 18.2 Å². The van der Waals surface area contributed by atoms with Gasteiger partial charge in [-0.2, -0.15) is 13.2 Å². The Morgan fingerprint density at radius 3 is 1.94 bits per heavy atom. The second-order valence-electron chi connectivity index (χ2n) is 10.9. The van der Waals surface area contributed by atoms with Crippen molar-refractivity contribution >= 4 is 35.6 Å². The Kier molecular flexibility index (Phi) is 10.7. The van der Waals surface area contributed by atoms with Crippen LogP contribution in [0.2, 0.25) is 0 Å². The van der Waals surface area contributed by atoms with E-state index in [4.69, 9.17) is 9.47 Å². The maximum absolute atomic E-state index is 13.4. The second-order valence-corrected chi connectivity index (χ2v) is 10.9. The van der Waals surface area contributed by atoms with Gasteiger partial charge in [0.15, 0.2) is 0 Å². The van der Waals surface area contributed by atoms with Gasteiger partial charge in [0.25, 0.3) is 11.8 Å². The van der Waals surface area contributed by atoms with Gasteiger partial charge in [0.05, 0.1) is 16.8 Å². The van der Waals surface area contributed by atoms with Crippen LogP contribution in [0.3, 0.4) is 0 Å². The standard InChI is InChI=1S/C35H29F3N2O9/c1-40(2)30(42)27-18-21(19-48-33(47)49-20-34(31(43)44,32(45)46)23-8-4-3-5-9-23)12-17-28(27)39-29(41)26-11-7-6-10-25(26)22-13-15-24(16-14-22)35(36,37)38/h3-18H,19-20H2,1-2H3,(H,39,41)(H,43,44)(H,45,46). The number of hydrogen-bond donors (Lipinski definition) is 3. The Morgan fingerprint density at radius 2 is 1.35 bits per heavy atom. The molecule has 0 saturated heterocycles. The number of hydrogen-bond acceptors (Lipinski definition) is 7. The van der Waals surface area contributed by atoms with Crippen LogP contribution in [0.5, 0.6) is 0 Å². The number of carbonyl (C=O) groups is 5. The number of ether oxygens (including phenoxy) is 2. The molecular formula is C35H29F3N2O9. The predicted octanol–water partition coefficient (Wildman–Crippen LogP) is 6.09. The molecule has 0 bridgehead atoms. The van der Waals surface area contributed by atoms with Crippen molar-refractivity contribution in [3.63, 3.8) is 0 Å². The molecule has 0 heterocycles. The maximum atomic E-state index is 13.4. The van der Waals surface area contributed by atoms with Crippen molar-refractivity contribution in [1.82, 2.24) is 4.90 Å². The first-order chi connectivity index (χ1) is 23.1. The minimum atomic E-state index is -4.53. The fourth-order valence-electron chi connectivity index (χ4n) is 4.79. The zero-order chi connectivity index (χ0) is 35.9. The number of aliphatic carboxylic acids is 2. The van der Waals surface area contributed by atoms with E-state index in [1.54, 1.807) is 24.3 Å². The van der Waals surface area contributed by atoms with Crippen molar-refractivity contribution in [3.05, 3.63) is 125 Å². The highest BCUT2D eigenvalue weighted by Crippen LogP contribution is 2.32. The van der Waals surface area contributed by atoms with Gasteiger partial charge in [0.1, 0.15) is 13.2 Å². The Labute approximate surface area is 277 Å². The Balaban J connectivity index is 1.52. The number of halogens is 3. The van der Waals surface area contributed by atoms with E-state index in [2.05, 4.69) is 5.32 Å².